The number of aliphatic hydroxyl groups excluding tert-OH is 1. The van der Waals surface area contributed by atoms with Gasteiger partial charge in [-0.15, -0.1) is 0 Å². The molecular formula is C18H25NO2. The Morgan fingerprint density at radius 2 is 2.00 bits per heavy atom. The fourth-order valence-corrected chi connectivity index (χ4v) is 2.01. The summed E-state index contributed by atoms with van der Waals surface area (Å²) >= 11 is 0. The number of rotatable bonds is 7. The number of nitrogens with one attached hydrogen (secondary N) is 1. The lowest BCUT2D eigenvalue weighted by Crippen LogP contribution is -2.32. The van der Waals surface area contributed by atoms with Gasteiger partial charge in [0.25, 0.3) is 5.91 Å². The van der Waals surface area contributed by atoms with Crippen LogP contribution in [0.25, 0.3) is 0 Å². The number of hydrogen-bond donors (Lipinski definition) is 2. The Labute approximate surface area is 127 Å². The smallest absolute Gasteiger partial charge is 0.251 e. The first-order valence-electron chi connectivity index (χ1n) is 7.68. The summed E-state index contributed by atoms with van der Waals surface area (Å²) in [5.74, 6) is 5.77. The average molecular weight is 287 g/mol. The topological polar surface area (TPSA) is 49.3 Å². The SMILES string of the molecule is CCCCCC(C)NC(=O)c1ccc(C#CCCO)cc1. The van der Waals surface area contributed by atoms with Crippen molar-refractivity contribution in [2.24, 2.45) is 0 Å². The molecule has 0 spiro atoms. The van der Waals surface area contributed by atoms with Crippen LogP contribution < -0.4 is 5.32 Å². The highest BCUT2D eigenvalue weighted by Crippen LogP contribution is 2.06. The molecule has 1 aromatic rings. The molecule has 0 aliphatic rings. The van der Waals surface area contributed by atoms with E-state index in [1.807, 2.05) is 19.1 Å². The first-order valence-corrected chi connectivity index (χ1v) is 7.68. The summed E-state index contributed by atoms with van der Waals surface area (Å²) in [6.45, 7) is 4.29. The zero-order valence-corrected chi connectivity index (χ0v) is 13.0. The molecule has 21 heavy (non-hydrogen) atoms. The Hall–Kier alpha value is -1.79. The summed E-state index contributed by atoms with van der Waals surface area (Å²) in [6, 6.07) is 7.45. The van der Waals surface area contributed by atoms with Crippen molar-refractivity contribution in [3.8, 4) is 11.8 Å². The standard InChI is InChI=1S/C18H25NO2/c1-3-4-5-8-15(2)19-18(21)17-12-10-16(11-13-17)9-6-7-14-20/h10-13,15,20H,3-5,7-8,14H2,1-2H3,(H,19,21). The second-order valence-electron chi connectivity index (χ2n) is 5.22. The highest BCUT2D eigenvalue weighted by atomic mass is 16.2. The second kappa shape index (κ2) is 10.0. The molecule has 0 aromatic heterocycles. The zero-order valence-electron chi connectivity index (χ0n) is 13.0. The predicted octanol–water partition coefficient (Wildman–Crippen LogP) is 3.12. The summed E-state index contributed by atoms with van der Waals surface area (Å²) in [5, 5.41) is 11.7. The number of aliphatic hydroxyl groups is 1. The predicted molar refractivity (Wildman–Crippen MR) is 86.1 cm³/mol. The third-order valence-electron chi connectivity index (χ3n) is 3.23. The van der Waals surface area contributed by atoms with Crippen LogP contribution in [0.3, 0.4) is 0 Å². The summed E-state index contributed by atoms with van der Waals surface area (Å²) in [5.41, 5.74) is 1.51. The van der Waals surface area contributed by atoms with E-state index < -0.39 is 0 Å². The Bertz CT molecular complexity index is 482. The van der Waals surface area contributed by atoms with E-state index in [0.29, 0.717) is 12.0 Å². The molecule has 1 rings (SSSR count). The van der Waals surface area contributed by atoms with Gasteiger partial charge in [-0.25, -0.2) is 0 Å². The van der Waals surface area contributed by atoms with Crippen molar-refractivity contribution in [1.29, 1.82) is 0 Å². The molecule has 2 N–H and O–H groups in total. The first-order chi connectivity index (χ1) is 10.2. The number of amides is 1. The van der Waals surface area contributed by atoms with Gasteiger partial charge in [0.2, 0.25) is 0 Å². The molecule has 3 heteroatoms. The molecule has 0 bridgehead atoms. The number of hydrogen-bond acceptors (Lipinski definition) is 2. The van der Waals surface area contributed by atoms with Crippen LogP contribution in [0.5, 0.6) is 0 Å². The van der Waals surface area contributed by atoms with E-state index in [-0.39, 0.29) is 18.6 Å². The molecule has 3 nitrogen and oxygen atoms in total. The van der Waals surface area contributed by atoms with Crippen molar-refractivity contribution < 1.29 is 9.90 Å². The van der Waals surface area contributed by atoms with Crippen LogP contribution in [-0.2, 0) is 0 Å². The molecule has 1 unspecified atom stereocenters. The van der Waals surface area contributed by atoms with Gasteiger partial charge in [-0.3, -0.25) is 4.79 Å². The molecule has 0 heterocycles. The van der Waals surface area contributed by atoms with Gasteiger partial charge in [0, 0.05) is 23.6 Å². The van der Waals surface area contributed by atoms with E-state index in [0.717, 1.165) is 18.4 Å². The van der Waals surface area contributed by atoms with E-state index in [4.69, 9.17) is 5.11 Å². The van der Waals surface area contributed by atoms with Crippen LogP contribution >= 0.6 is 0 Å². The molecule has 0 saturated carbocycles. The third kappa shape index (κ3) is 6.97. The number of carbonyl (C=O) groups is 1. The maximum atomic E-state index is 12.1. The lowest BCUT2D eigenvalue weighted by molar-refractivity contribution is 0.0938. The minimum absolute atomic E-state index is 0.0335. The van der Waals surface area contributed by atoms with Crippen LogP contribution in [0.2, 0.25) is 0 Å². The number of carbonyl (C=O) groups excluding carboxylic acids is 1. The van der Waals surface area contributed by atoms with Gasteiger partial charge in [0.15, 0.2) is 0 Å². The van der Waals surface area contributed by atoms with Crippen molar-refractivity contribution in [1.82, 2.24) is 5.32 Å². The van der Waals surface area contributed by atoms with Crippen LogP contribution in [0.1, 0.15) is 61.9 Å². The van der Waals surface area contributed by atoms with Gasteiger partial charge in [0.1, 0.15) is 0 Å². The largest absolute Gasteiger partial charge is 0.395 e. The Morgan fingerprint density at radius 3 is 2.62 bits per heavy atom. The van der Waals surface area contributed by atoms with Gasteiger partial charge < -0.3 is 10.4 Å². The van der Waals surface area contributed by atoms with Crippen LogP contribution in [0.15, 0.2) is 24.3 Å². The van der Waals surface area contributed by atoms with E-state index >= 15 is 0 Å². The van der Waals surface area contributed by atoms with E-state index in [1.54, 1.807) is 12.1 Å². The van der Waals surface area contributed by atoms with Crippen LogP contribution in [0, 0.1) is 11.8 Å². The maximum absolute atomic E-state index is 12.1. The highest BCUT2D eigenvalue weighted by Gasteiger charge is 2.09. The number of benzene rings is 1. The van der Waals surface area contributed by atoms with Gasteiger partial charge in [-0.1, -0.05) is 38.0 Å². The van der Waals surface area contributed by atoms with Gasteiger partial charge in [-0.05, 0) is 37.6 Å². The zero-order chi connectivity index (χ0) is 15.5. The van der Waals surface area contributed by atoms with Crippen molar-refractivity contribution >= 4 is 5.91 Å². The Morgan fingerprint density at radius 1 is 1.29 bits per heavy atom. The minimum Gasteiger partial charge on any atom is -0.395 e. The lowest BCUT2D eigenvalue weighted by Gasteiger charge is -2.13. The average Bonchev–Trinajstić information content (AvgIpc) is 2.48. The molecular weight excluding hydrogens is 262 g/mol. The highest BCUT2D eigenvalue weighted by molar-refractivity contribution is 5.94. The van der Waals surface area contributed by atoms with Crippen molar-refractivity contribution in [3.63, 3.8) is 0 Å². The van der Waals surface area contributed by atoms with E-state index in [1.165, 1.54) is 12.8 Å². The van der Waals surface area contributed by atoms with E-state index in [9.17, 15) is 4.79 Å². The molecule has 114 valence electrons. The lowest BCUT2D eigenvalue weighted by atomic mass is 10.1. The molecule has 0 saturated heterocycles. The van der Waals surface area contributed by atoms with Crippen molar-refractivity contribution in [2.45, 2.75) is 52.0 Å². The minimum atomic E-state index is -0.0335. The van der Waals surface area contributed by atoms with Gasteiger partial charge in [-0.2, -0.15) is 0 Å². The van der Waals surface area contributed by atoms with Crippen LogP contribution in [0.4, 0.5) is 0 Å². The van der Waals surface area contributed by atoms with Crippen molar-refractivity contribution in [3.05, 3.63) is 35.4 Å². The molecule has 0 fully saturated rings. The molecule has 0 aliphatic carbocycles. The molecule has 0 aliphatic heterocycles. The fraction of sp³-hybridized carbons (Fsp3) is 0.500. The first kappa shape index (κ1) is 17.3. The quantitative estimate of drug-likeness (QED) is 0.598. The molecule has 1 amide bonds. The summed E-state index contributed by atoms with van der Waals surface area (Å²) < 4.78 is 0. The molecule has 1 aromatic carbocycles. The number of unbranched alkanes of at least 4 members (excludes halogenated alkanes) is 2. The van der Waals surface area contributed by atoms with Crippen LogP contribution in [-0.4, -0.2) is 23.7 Å². The maximum Gasteiger partial charge on any atom is 0.251 e. The fourth-order valence-electron chi connectivity index (χ4n) is 2.01. The summed E-state index contributed by atoms with van der Waals surface area (Å²) in [4.78, 5) is 12.1. The Balaban J connectivity index is 2.49. The van der Waals surface area contributed by atoms with E-state index in [2.05, 4.69) is 24.1 Å². The summed E-state index contributed by atoms with van der Waals surface area (Å²) in [6.07, 6.45) is 5.04. The molecule has 0 radical (unpaired) electrons. The van der Waals surface area contributed by atoms with Gasteiger partial charge >= 0.3 is 0 Å². The Kier molecular flexibility index (Phi) is 8.23. The third-order valence-corrected chi connectivity index (χ3v) is 3.23. The monoisotopic (exact) mass is 287 g/mol. The molecule has 1 atom stereocenters. The normalized spacial score (nSPS) is 11.4. The second-order valence-corrected chi connectivity index (χ2v) is 5.22. The van der Waals surface area contributed by atoms with Crippen molar-refractivity contribution in [2.75, 3.05) is 6.61 Å². The summed E-state index contributed by atoms with van der Waals surface area (Å²) in [7, 11) is 0. The van der Waals surface area contributed by atoms with Gasteiger partial charge in [0.05, 0.1) is 6.61 Å².